The zero-order valence-electron chi connectivity index (χ0n) is 39.5. The zero-order chi connectivity index (χ0) is 43.4. The monoisotopic (exact) mass is 855 g/mol. The van der Waals surface area contributed by atoms with Crippen LogP contribution in [-0.2, 0) is 27.9 Å². The molecule has 0 bridgehead atoms. The van der Waals surface area contributed by atoms with Crippen LogP contribution in [0.5, 0.6) is 0 Å². The van der Waals surface area contributed by atoms with Gasteiger partial charge < -0.3 is 18.9 Å². The van der Waals surface area contributed by atoms with Crippen LogP contribution in [0.3, 0.4) is 0 Å². The normalized spacial score (nSPS) is 13.9. The third-order valence-electron chi connectivity index (χ3n) is 10.7. The van der Waals surface area contributed by atoms with Crippen molar-refractivity contribution in [3.63, 3.8) is 0 Å². The highest BCUT2D eigenvalue weighted by atomic mass is 31.2. The second-order valence-electron chi connectivity index (χ2n) is 17.8. The first-order valence-corrected chi connectivity index (χ1v) is 26.2. The predicted molar refractivity (Wildman–Crippen MR) is 252 cm³/mol. The van der Waals surface area contributed by atoms with E-state index in [0.29, 0.717) is 24.1 Å². The molecule has 0 aromatic rings. The van der Waals surface area contributed by atoms with E-state index in [-0.39, 0.29) is 25.8 Å². The van der Waals surface area contributed by atoms with Crippen LogP contribution in [0.2, 0.25) is 0 Å². The Hall–Kier alpha value is -1.28. The molecule has 0 fully saturated rings. The Morgan fingerprint density at radius 3 is 1.47 bits per heavy atom. The van der Waals surface area contributed by atoms with Crippen molar-refractivity contribution in [1.29, 1.82) is 0 Å². The van der Waals surface area contributed by atoms with Gasteiger partial charge in [0.05, 0.1) is 34.4 Å². The Morgan fingerprint density at radius 1 is 0.542 bits per heavy atom. The van der Waals surface area contributed by atoms with Gasteiger partial charge in [-0.3, -0.25) is 13.8 Å². The molecule has 0 amide bonds. The van der Waals surface area contributed by atoms with Crippen LogP contribution in [-0.4, -0.2) is 75.6 Å². The van der Waals surface area contributed by atoms with E-state index in [9.17, 15) is 14.3 Å². The van der Waals surface area contributed by atoms with Gasteiger partial charge in [-0.15, -0.1) is 0 Å². The van der Waals surface area contributed by atoms with Crippen LogP contribution in [0.25, 0.3) is 0 Å². The van der Waals surface area contributed by atoms with Crippen molar-refractivity contribution in [2.24, 2.45) is 0 Å². The summed E-state index contributed by atoms with van der Waals surface area (Å²) in [6.45, 7) is 5.52. The molecule has 0 saturated carbocycles. The average molecular weight is 855 g/mol. The quantitative estimate of drug-likeness (QED) is 0.0214. The number of carbonyl (C=O) groups is 1. The molecule has 0 aliphatic heterocycles. The SMILES string of the molecule is CC/C=C\C/C=C\C/C=C\CCCCCCCC(=O)OC(COCCCCCCCCCCCCCCCCCCCCCCCC)COP(=O)(O)OCC[N+](C)(C)C. The van der Waals surface area contributed by atoms with Gasteiger partial charge in [-0.2, -0.15) is 0 Å². The van der Waals surface area contributed by atoms with Crippen molar-refractivity contribution >= 4 is 13.8 Å². The second-order valence-corrected chi connectivity index (χ2v) is 19.3. The third-order valence-corrected chi connectivity index (χ3v) is 11.7. The Bertz CT molecular complexity index is 1040. The number of quaternary nitrogens is 1. The summed E-state index contributed by atoms with van der Waals surface area (Å²) < 4.78 is 35.1. The fourth-order valence-electron chi connectivity index (χ4n) is 6.92. The summed E-state index contributed by atoms with van der Waals surface area (Å²) in [5.74, 6) is -0.327. The largest absolute Gasteiger partial charge is 0.472 e. The molecule has 8 nitrogen and oxygen atoms in total. The number of carbonyl (C=O) groups excluding carboxylic acids is 1. The maximum atomic E-state index is 12.7. The number of nitrogens with zero attached hydrogens (tertiary/aromatic N) is 1. The fourth-order valence-corrected chi connectivity index (χ4v) is 7.66. The fraction of sp³-hybridized carbons (Fsp3) is 0.860. The van der Waals surface area contributed by atoms with Gasteiger partial charge in [-0.05, 0) is 44.9 Å². The number of allylic oxidation sites excluding steroid dienone is 6. The molecule has 9 heteroatoms. The first-order valence-electron chi connectivity index (χ1n) is 24.7. The first kappa shape index (κ1) is 57.7. The maximum absolute atomic E-state index is 12.7. The molecule has 59 heavy (non-hydrogen) atoms. The molecule has 0 aromatic heterocycles. The number of phosphoric ester groups is 1. The van der Waals surface area contributed by atoms with E-state index in [0.717, 1.165) is 70.6 Å². The topological polar surface area (TPSA) is 91.3 Å². The molecule has 0 spiro atoms. The smallest absolute Gasteiger partial charge is 0.457 e. The van der Waals surface area contributed by atoms with Gasteiger partial charge in [-0.1, -0.05) is 204 Å². The lowest BCUT2D eigenvalue weighted by atomic mass is 10.0. The molecule has 2 unspecified atom stereocenters. The average Bonchev–Trinajstić information content (AvgIpc) is 3.19. The van der Waals surface area contributed by atoms with Crippen LogP contribution in [0, 0.1) is 0 Å². The Morgan fingerprint density at radius 2 is 0.983 bits per heavy atom. The first-order chi connectivity index (χ1) is 28.6. The molecular formula is C50H97NO7P+. The minimum atomic E-state index is -4.28. The van der Waals surface area contributed by atoms with E-state index in [4.69, 9.17) is 18.5 Å². The molecule has 0 radical (unpaired) electrons. The van der Waals surface area contributed by atoms with Crippen molar-refractivity contribution < 1.29 is 37.3 Å². The van der Waals surface area contributed by atoms with Crippen LogP contribution >= 0.6 is 7.82 Å². The number of hydrogen-bond donors (Lipinski definition) is 1. The zero-order valence-corrected chi connectivity index (χ0v) is 40.4. The lowest BCUT2D eigenvalue weighted by molar-refractivity contribution is -0.870. The van der Waals surface area contributed by atoms with Crippen molar-refractivity contribution in [2.75, 3.05) is 54.1 Å². The Kier molecular flexibility index (Phi) is 42.4. The number of rotatable bonds is 46. The van der Waals surface area contributed by atoms with Gasteiger partial charge >= 0.3 is 13.8 Å². The molecular weight excluding hydrogens is 758 g/mol. The van der Waals surface area contributed by atoms with E-state index in [1.54, 1.807) is 0 Å². The Labute approximate surface area is 365 Å². The van der Waals surface area contributed by atoms with Crippen molar-refractivity contribution in [3.05, 3.63) is 36.5 Å². The van der Waals surface area contributed by atoms with Crippen LogP contribution in [0.15, 0.2) is 36.5 Å². The van der Waals surface area contributed by atoms with E-state index in [2.05, 4.69) is 50.3 Å². The second kappa shape index (κ2) is 43.4. The predicted octanol–water partition coefficient (Wildman–Crippen LogP) is 14.9. The lowest BCUT2D eigenvalue weighted by Crippen LogP contribution is -2.37. The van der Waals surface area contributed by atoms with E-state index in [1.165, 1.54) is 128 Å². The number of likely N-dealkylation sites (N-methyl/N-ethyl adjacent to an activating group) is 1. The molecule has 1 N–H and O–H groups in total. The number of phosphoric acid groups is 1. The summed E-state index contributed by atoms with van der Waals surface area (Å²) in [4.78, 5) is 22.9. The maximum Gasteiger partial charge on any atom is 0.472 e. The van der Waals surface area contributed by atoms with E-state index in [1.807, 2.05) is 21.1 Å². The van der Waals surface area contributed by atoms with Gasteiger partial charge in [0.2, 0.25) is 0 Å². The summed E-state index contributed by atoms with van der Waals surface area (Å²) in [7, 11) is 1.66. The van der Waals surface area contributed by atoms with Gasteiger partial charge in [0.1, 0.15) is 19.3 Å². The van der Waals surface area contributed by atoms with Crippen LogP contribution in [0.1, 0.15) is 219 Å². The highest BCUT2D eigenvalue weighted by Crippen LogP contribution is 2.43. The van der Waals surface area contributed by atoms with Gasteiger partial charge in [-0.25, -0.2) is 4.57 Å². The van der Waals surface area contributed by atoms with Gasteiger partial charge in [0.25, 0.3) is 0 Å². The Balaban J connectivity index is 4.11. The summed E-state index contributed by atoms with van der Waals surface area (Å²) in [6.07, 6.45) is 51.9. The molecule has 348 valence electrons. The van der Waals surface area contributed by atoms with Crippen LogP contribution in [0.4, 0.5) is 0 Å². The van der Waals surface area contributed by atoms with E-state index < -0.39 is 13.9 Å². The van der Waals surface area contributed by atoms with Crippen LogP contribution < -0.4 is 0 Å². The highest BCUT2D eigenvalue weighted by Gasteiger charge is 2.26. The number of ether oxygens (including phenoxy) is 2. The third kappa shape index (κ3) is 47.6. The minimum Gasteiger partial charge on any atom is -0.457 e. The molecule has 0 rings (SSSR count). The minimum absolute atomic E-state index is 0.0859. The molecule has 0 heterocycles. The summed E-state index contributed by atoms with van der Waals surface area (Å²) in [5.41, 5.74) is 0. The summed E-state index contributed by atoms with van der Waals surface area (Å²) >= 11 is 0. The summed E-state index contributed by atoms with van der Waals surface area (Å²) in [6, 6.07) is 0. The number of hydrogen-bond acceptors (Lipinski definition) is 6. The lowest BCUT2D eigenvalue weighted by Gasteiger charge is -2.24. The van der Waals surface area contributed by atoms with Gasteiger partial charge in [0.15, 0.2) is 0 Å². The highest BCUT2D eigenvalue weighted by molar-refractivity contribution is 7.47. The molecule has 0 aliphatic carbocycles. The van der Waals surface area contributed by atoms with E-state index >= 15 is 0 Å². The standard InChI is InChI=1S/C50H96NO7P/c1-6-8-10-12-14-16-18-20-22-23-24-25-26-27-28-30-32-34-36-38-40-42-45-55-47-49(48-57-59(53,54)56-46-44-51(3,4)5)58-50(52)43-41-39-37-35-33-31-29-21-19-17-15-13-11-9-7-2/h9,11,15,17,21,29,49H,6-8,10,12-14,16,18-20,22-28,30-48H2,1-5H3/p+1/b11-9-,17-15-,29-21-. The molecule has 2 atom stereocenters. The van der Waals surface area contributed by atoms with Crippen molar-refractivity contribution in [3.8, 4) is 0 Å². The molecule has 0 aromatic carbocycles. The van der Waals surface area contributed by atoms with Crippen molar-refractivity contribution in [2.45, 2.75) is 225 Å². The van der Waals surface area contributed by atoms with Crippen molar-refractivity contribution in [1.82, 2.24) is 0 Å². The molecule has 0 aliphatic rings. The van der Waals surface area contributed by atoms with Gasteiger partial charge in [0, 0.05) is 13.0 Å². The number of unbranched alkanes of at least 4 members (excludes halogenated alkanes) is 26. The summed E-state index contributed by atoms with van der Waals surface area (Å²) in [5, 5.41) is 0. The molecule has 0 saturated heterocycles. The number of esters is 1.